The molecule has 4 rings (SSSR count). The Morgan fingerprint density at radius 2 is 1.81 bits per heavy atom. The zero-order valence-corrected chi connectivity index (χ0v) is 18.6. The second-order valence-electron chi connectivity index (χ2n) is 8.45. The van der Waals surface area contributed by atoms with Gasteiger partial charge in [0.05, 0.1) is 6.54 Å². The number of benzene rings is 1. The van der Waals surface area contributed by atoms with Crippen LogP contribution in [-0.4, -0.2) is 28.5 Å². The Kier molecular flexibility index (Phi) is 7.00. The molecule has 1 aliphatic rings. The summed E-state index contributed by atoms with van der Waals surface area (Å²) in [6.45, 7) is 4.85. The van der Waals surface area contributed by atoms with E-state index < -0.39 is 0 Å². The van der Waals surface area contributed by atoms with Crippen LogP contribution >= 0.6 is 0 Å². The third-order valence-corrected chi connectivity index (χ3v) is 5.89. The fourth-order valence-corrected chi connectivity index (χ4v) is 4.16. The molecule has 6 nitrogen and oxygen atoms in total. The summed E-state index contributed by atoms with van der Waals surface area (Å²) in [5, 5.41) is 2.90. The standard InChI is InChI=1S/C26H30N4O2/c1-20-8-6-9-22(16-20)19-30-15-7-10-23(26(30)32)25(31)28-18-21-11-12-27-24(17-21)29-13-4-2-3-5-14-29/h6-12,15-17H,2-5,13-14,18-19H2,1H3,(H,28,31). The summed E-state index contributed by atoms with van der Waals surface area (Å²) in [6, 6.07) is 15.3. The SMILES string of the molecule is Cc1cccc(Cn2cccc(C(=O)NCc3ccnc(N4CCCCCC4)c3)c2=O)c1. The van der Waals surface area contributed by atoms with Crippen LogP contribution in [0.2, 0.25) is 0 Å². The van der Waals surface area contributed by atoms with Crippen molar-refractivity contribution in [2.24, 2.45) is 0 Å². The molecule has 1 N–H and O–H groups in total. The third-order valence-electron chi connectivity index (χ3n) is 5.89. The molecule has 2 aromatic heterocycles. The number of hydrogen-bond donors (Lipinski definition) is 1. The van der Waals surface area contributed by atoms with Crippen molar-refractivity contribution < 1.29 is 4.79 Å². The Labute approximate surface area is 188 Å². The second kappa shape index (κ2) is 10.3. The van der Waals surface area contributed by atoms with Gasteiger partial charge in [0.25, 0.3) is 11.5 Å². The quantitative estimate of drug-likeness (QED) is 0.644. The molecule has 0 radical (unpaired) electrons. The molecule has 3 heterocycles. The monoisotopic (exact) mass is 430 g/mol. The maximum absolute atomic E-state index is 12.9. The first-order valence-electron chi connectivity index (χ1n) is 11.3. The van der Waals surface area contributed by atoms with Gasteiger partial charge in [0.15, 0.2) is 0 Å². The number of hydrogen-bond acceptors (Lipinski definition) is 4. The minimum Gasteiger partial charge on any atom is -0.357 e. The summed E-state index contributed by atoms with van der Waals surface area (Å²) >= 11 is 0. The first kappa shape index (κ1) is 21.8. The summed E-state index contributed by atoms with van der Waals surface area (Å²) < 4.78 is 1.58. The first-order valence-corrected chi connectivity index (χ1v) is 11.3. The fourth-order valence-electron chi connectivity index (χ4n) is 4.16. The van der Waals surface area contributed by atoms with E-state index in [1.54, 1.807) is 29.1 Å². The van der Waals surface area contributed by atoms with E-state index in [0.29, 0.717) is 13.1 Å². The molecule has 0 saturated carbocycles. The van der Waals surface area contributed by atoms with Crippen LogP contribution < -0.4 is 15.8 Å². The van der Waals surface area contributed by atoms with Crippen molar-refractivity contribution in [3.8, 4) is 0 Å². The molecule has 0 atom stereocenters. The lowest BCUT2D eigenvalue weighted by atomic mass is 10.1. The van der Waals surface area contributed by atoms with E-state index in [9.17, 15) is 9.59 Å². The van der Waals surface area contributed by atoms with Gasteiger partial charge in [-0.1, -0.05) is 42.7 Å². The molecule has 0 bridgehead atoms. The van der Waals surface area contributed by atoms with E-state index >= 15 is 0 Å². The van der Waals surface area contributed by atoms with Crippen LogP contribution in [0.15, 0.2) is 65.7 Å². The summed E-state index contributed by atoms with van der Waals surface area (Å²) in [5.74, 6) is 0.598. The van der Waals surface area contributed by atoms with Crippen LogP contribution in [-0.2, 0) is 13.1 Å². The maximum Gasteiger partial charge on any atom is 0.263 e. The van der Waals surface area contributed by atoms with Gasteiger partial charge in [0, 0.05) is 32.0 Å². The van der Waals surface area contributed by atoms with Crippen molar-refractivity contribution in [1.82, 2.24) is 14.9 Å². The molecule has 0 unspecified atom stereocenters. The lowest BCUT2D eigenvalue weighted by Gasteiger charge is -2.21. The van der Waals surface area contributed by atoms with Crippen LogP contribution in [0.5, 0.6) is 0 Å². The lowest BCUT2D eigenvalue weighted by molar-refractivity contribution is 0.0948. The van der Waals surface area contributed by atoms with Gasteiger partial charge in [0.1, 0.15) is 11.4 Å². The van der Waals surface area contributed by atoms with Crippen molar-refractivity contribution in [2.75, 3.05) is 18.0 Å². The Morgan fingerprint density at radius 1 is 1.00 bits per heavy atom. The Morgan fingerprint density at radius 3 is 2.59 bits per heavy atom. The smallest absolute Gasteiger partial charge is 0.263 e. The van der Waals surface area contributed by atoms with Gasteiger partial charge in [-0.3, -0.25) is 9.59 Å². The number of pyridine rings is 2. The van der Waals surface area contributed by atoms with Crippen LogP contribution in [0.25, 0.3) is 0 Å². The second-order valence-corrected chi connectivity index (χ2v) is 8.45. The van der Waals surface area contributed by atoms with E-state index in [1.807, 2.05) is 43.3 Å². The van der Waals surface area contributed by atoms with Crippen molar-refractivity contribution in [3.63, 3.8) is 0 Å². The molecule has 3 aromatic rings. The van der Waals surface area contributed by atoms with E-state index in [1.165, 1.54) is 25.7 Å². The van der Waals surface area contributed by atoms with Crippen molar-refractivity contribution >= 4 is 11.7 Å². The van der Waals surface area contributed by atoms with E-state index in [2.05, 4.69) is 15.2 Å². The summed E-state index contributed by atoms with van der Waals surface area (Å²) in [7, 11) is 0. The third kappa shape index (κ3) is 5.44. The van der Waals surface area contributed by atoms with Gasteiger partial charge >= 0.3 is 0 Å². The molecule has 166 valence electrons. The van der Waals surface area contributed by atoms with Gasteiger partial charge in [-0.2, -0.15) is 0 Å². The number of rotatable bonds is 6. The maximum atomic E-state index is 12.9. The molecule has 0 spiro atoms. The molecule has 32 heavy (non-hydrogen) atoms. The molecule has 1 amide bonds. The Balaban J connectivity index is 1.43. The normalized spacial score (nSPS) is 14.1. The van der Waals surface area contributed by atoms with Gasteiger partial charge in [0.2, 0.25) is 0 Å². The first-order chi connectivity index (χ1) is 15.6. The number of aryl methyl sites for hydroxylation is 1. The Hall–Kier alpha value is -3.41. The number of nitrogens with zero attached hydrogens (tertiary/aromatic N) is 3. The zero-order chi connectivity index (χ0) is 22.3. The molecule has 1 aliphatic heterocycles. The van der Waals surface area contributed by atoms with Crippen LogP contribution in [0.1, 0.15) is 52.7 Å². The molecule has 6 heteroatoms. The van der Waals surface area contributed by atoms with Gasteiger partial charge in [-0.05, 0) is 55.2 Å². The minimum absolute atomic E-state index is 0.155. The predicted octanol–water partition coefficient (Wildman–Crippen LogP) is 3.91. The van der Waals surface area contributed by atoms with E-state index in [0.717, 1.165) is 35.6 Å². The number of carbonyl (C=O) groups excluding carboxylic acids is 1. The van der Waals surface area contributed by atoms with Crippen LogP contribution in [0.3, 0.4) is 0 Å². The molecular weight excluding hydrogens is 400 g/mol. The molecular formula is C26H30N4O2. The van der Waals surface area contributed by atoms with Gasteiger partial charge in [-0.15, -0.1) is 0 Å². The number of nitrogens with one attached hydrogen (secondary N) is 1. The largest absolute Gasteiger partial charge is 0.357 e. The lowest BCUT2D eigenvalue weighted by Crippen LogP contribution is -2.32. The average molecular weight is 431 g/mol. The number of aromatic nitrogens is 2. The number of amides is 1. The topological polar surface area (TPSA) is 67.2 Å². The number of anilines is 1. The summed E-state index contributed by atoms with van der Waals surface area (Å²) in [6.07, 6.45) is 8.42. The van der Waals surface area contributed by atoms with Crippen molar-refractivity contribution in [3.05, 3.63) is 93.5 Å². The predicted molar refractivity (Wildman–Crippen MR) is 127 cm³/mol. The number of carbonyl (C=O) groups is 1. The highest BCUT2D eigenvalue weighted by atomic mass is 16.2. The molecule has 1 aromatic carbocycles. The van der Waals surface area contributed by atoms with Crippen molar-refractivity contribution in [1.29, 1.82) is 0 Å². The zero-order valence-electron chi connectivity index (χ0n) is 18.6. The van der Waals surface area contributed by atoms with Crippen molar-refractivity contribution in [2.45, 2.75) is 45.7 Å². The highest BCUT2D eigenvalue weighted by Gasteiger charge is 2.14. The average Bonchev–Trinajstić information content (AvgIpc) is 3.09. The fraction of sp³-hybridized carbons (Fsp3) is 0.346. The van der Waals surface area contributed by atoms with Gasteiger partial charge < -0.3 is 14.8 Å². The summed E-state index contributed by atoms with van der Waals surface area (Å²) in [5.41, 5.74) is 3.01. The molecule has 1 fully saturated rings. The van der Waals surface area contributed by atoms with E-state index in [-0.39, 0.29) is 17.0 Å². The van der Waals surface area contributed by atoms with Crippen LogP contribution in [0.4, 0.5) is 5.82 Å². The van der Waals surface area contributed by atoms with Gasteiger partial charge in [-0.25, -0.2) is 4.98 Å². The Bertz CT molecular complexity index is 1130. The summed E-state index contributed by atoms with van der Waals surface area (Å²) in [4.78, 5) is 32.5. The highest BCUT2D eigenvalue weighted by molar-refractivity contribution is 5.93. The molecule has 0 aliphatic carbocycles. The highest BCUT2D eigenvalue weighted by Crippen LogP contribution is 2.18. The van der Waals surface area contributed by atoms with Crippen LogP contribution in [0, 0.1) is 6.92 Å². The minimum atomic E-state index is -0.360. The molecule has 1 saturated heterocycles. The van der Waals surface area contributed by atoms with E-state index in [4.69, 9.17) is 0 Å².